The molecule has 0 radical (unpaired) electrons. The number of rotatable bonds is 3. The van der Waals surface area contributed by atoms with E-state index in [0.29, 0.717) is 5.70 Å². The topological polar surface area (TPSA) is 12.4 Å². The van der Waals surface area contributed by atoms with Crippen molar-refractivity contribution in [3.05, 3.63) is 36.6 Å². The first-order valence-electron chi connectivity index (χ1n) is 2.87. The van der Waals surface area contributed by atoms with Crippen molar-refractivity contribution in [2.45, 2.75) is 6.92 Å². The van der Waals surface area contributed by atoms with Gasteiger partial charge in [0.2, 0.25) is 0 Å². The van der Waals surface area contributed by atoms with Gasteiger partial charge in [-0.05, 0) is 25.2 Å². The molecule has 10 heavy (non-hydrogen) atoms. The van der Waals surface area contributed by atoms with E-state index in [9.17, 15) is 0 Å². The van der Waals surface area contributed by atoms with Crippen molar-refractivity contribution in [2.24, 2.45) is 4.99 Å². The molecule has 0 aromatic heterocycles. The van der Waals surface area contributed by atoms with E-state index in [4.69, 9.17) is 0 Å². The van der Waals surface area contributed by atoms with Gasteiger partial charge in [0, 0.05) is 0 Å². The Hall–Kier alpha value is -0.980. The third-order valence-electron chi connectivity index (χ3n) is 0.781. The van der Waals surface area contributed by atoms with Gasteiger partial charge >= 0.3 is 0 Å². The highest BCUT2D eigenvalue weighted by Crippen LogP contribution is 1.92. The normalized spacial score (nSPS) is 10.1. The van der Waals surface area contributed by atoms with Crippen LogP contribution in [-0.2, 0) is 0 Å². The lowest BCUT2D eigenvalue weighted by Crippen LogP contribution is -1.62. The first-order chi connectivity index (χ1) is 4.81. The van der Waals surface area contributed by atoms with Gasteiger partial charge in [-0.15, -0.1) is 0 Å². The van der Waals surface area contributed by atoms with Crippen LogP contribution in [0.1, 0.15) is 6.92 Å². The van der Waals surface area contributed by atoms with Crippen molar-refractivity contribution < 1.29 is 0 Å². The molecule has 0 saturated carbocycles. The maximum atomic E-state index is 4.38. The standard InChI is InChI=1S/C8H9NS/c1-3-4-5-6-8(2)9-7-10/h3-6H,2H2,1H3/b4-3-,6-5-. The van der Waals surface area contributed by atoms with Crippen LogP contribution < -0.4 is 0 Å². The molecule has 1 nitrogen and oxygen atoms in total. The van der Waals surface area contributed by atoms with E-state index in [2.05, 4.69) is 29.0 Å². The molecule has 0 bridgehead atoms. The van der Waals surface area contributed by atoms with Gasteiger partial charge in [-0.1, -0.05) is 24.8 Å². The van der Waals surface area contributed by atoms with Gasteiger partial charge in [0.25, 0.3) is 0 Å². The molecule has 0 amide bonds. The van der Waals surface area contributed by atoms with Crippen molar-refractivity contribution in [1.29, 1.82) is 0 Å². The summed E-state index contributed by atoms with van der Waals surface area (Å²) >= 11 is 4.38. The molecule has 0 saturated heterocycles. The SMILES string of the molecule is C=C(/C=C\C=C/C)N=C=S. The van der Waals surface area contributed by atoms with E-state index in [1.165, 1.54) is 0 Å². The molecule has 0 fully saturated rings. The Bertz CT molecular complexity index is 207. The predicted molar refractivity (Wildman–Crippen MR) is 48.1 cm³/mol. The van der Waals surface area contributed by atoms with Crippen molar-refractivity contribution in [1.82, 2.24) is 0 Å². The van der Waals surface area contributed by atoms with Gasteiger partial charge in [-0.3, -0.25) is 0 Å². The summed E-state index contributed by atoms with van der Waals surface area (Å²) < 4.78 is 0. The van der Waals surface area contributed by atoms with Crippen molar-refractivity contribution >= 4 is 17.4 Å². The molecule has 0 aliphatic rings. The van der Waals surface area contributed by atoms with E-state index in [0.717, 1.165) is 0 Å². The zero-order valence-electron chi connectivity index (χ0n) is 5.87. The van der Waals surface area contributed by atoms with Crippen molar-refractivity contribution in [3.8, 4) is 0 Å². The molecule has 0 spiro atoms. The second kappa shape index (κ2) is 6.14. The van der Waals surface area contributed by atoms with Gasteiger partial charge in [0.1, 0.15) is 0 Å². The first-order valence-corrected chi connectivity index (χ1v) is 3.28. The summed E-state index contributed by atoms with van der Waals surface area (Å²) in [6.45, 7) is 5.54. The summed E-state index contributed by atoms with van der Waals surface area (Å²) in [4.78, 5) is 3.65. The monoisotopic (exact) mass is 151 g/mol. The van der Waals surface area contributed by atoms with Crippen LogP contribution in [0.25, 0.3) is 0 Å². The van der Waals surface area contributed by atoms with Gasteiger partial charge in [-0.25, -0.2) is 0 Å². The largest absolute Gasteiger partial charge is 0.195 e. The molecular formula is C8H9NS. The third-order valence-corrected chi connectivity index (χ3v) is 0.873. The molecule has 0 heterocycles. The first kappa shape index (κ1) is 9.02. The second-order valence-corrected chi connectivity index (χ2v) is 1.76. The minimum Gasteiger partial charge on any atom is -0.195 e. The van der Waals surface area contributed by atoms with Crippen LogP contribution in [0.5, 0.6) is 0 Å². The molecule has 52 valence electrons. The van der Waals surface area contributed by atoms with Crippen LogP contribution in [0, 0.1) is 0 Å². The predicted octanol–water partition coefficient (Wildman–Crippen LogP) is 2.74. The zero-order chi connectivity index (χ0) is 7.82. The number of hydrogen-bond donors (Lipinski definition) is 0. The minimum absolute atomic E-state index is 0.619. The fraction of sp³-hybridized carbons (Fsp3) is 0.125. The molecule has 0 aromatic rings. The Labute approximate surface area is 66.5 Å². The quantitative estimate of drug-likeness (QED) is 0.343. The average Bonchev–Trinajstić information content (AvgIpc) is 1.89. The fourth-order valence-electron chi connectivity index (χ4n) is 0.374. The maximum Gasteiger partial charge on any atom is 0.0667 e. The van der Waals surface area contributed by atoms with E-state index in [-0.39, 0.29) is 0 Å². The van der Waals surface area contributed by atoms with Gasteiger partial charge in [0.05, 0.1) is 10.9 Å². The van der Waals surface area contributed by atoms with E-state index < -0.39 is 0 Å². The molecule has 0 N–H and O–H groups in total. The summed E-state index contributed by atoms with van der Waals surface area (Å²) in [5.41, 5.74) is 0.619. The maximum absolute atomic E-state index is 4.38. The van der Waals surface area contributed by atoms with Crippen LogP contribution in [-0.4, -0.2) is 5.16 Å². The van der Waals surface area contributed by atoms with Gasteiger partial charge in [-0.2, -0.15) is 4.99 Å². The van der Waals surface area contributed by atoms with E-state index in [1.54, 1.807) is 6.08 Å². The Morgan fingerprint density at radius 2 is 2.30 bits per heavy atom. The van der Waals surface area contributed by atoms with E-state index >= 15 is 0 Å². The zero-order valence-corrected chi connectivity index (χ0v) is 6.69. The van der Waals surface area contributed by atoms with Crippen molar-refractivity contribution in [2.75, 3.05) is 0 Å². The second-order valence-electron chi connectivity index (χ2n) is 1.58. The number of allylic oxidation sites excluding steroid dienone is 4. The van der Waals surface area contributed by atoms with Crippen molar-refractivity contribution in [3.63, 3.8) is 0 Å². The Balaban J connectivity index is 3.89. The molecule has 0 aromatic carbocycles. The van der Waals surface area contributed by atoms with Crippen LogP contribution in [0.15, 0.2) is 41.6 Å². The lowest BCUT2D eigenvalue weighted by Gasteiger charge is -1.80. The smallest absolute Gasteiger partial charge is 0.0667 e. The highest BCUT2D eigenvalue weighted by molar-refractivity contribution is 7.78. The Morgan fingerprint density at radius 3 is 2.80 bits per heavy atom. The molecule has 0 aliphatic heterocycles. The van der Waals surface area contributed by atoms with Crippen LogP contribution >= 0.6 is 12.2 Å². The highest BCUT2D eigenvalue weighted by atomic mass is 32.1. The van der Waals surface area contributed by atoms with Gasteiger partial charge < -0.3 is 0 Å². The summed E-state index contributed by atoms with van der Waals surface area (Å²) in [5, 5.41) is 2.23. The van der Waals surface area contributed by atoms with Crippen LogP contribution in [0.2, 0.25) is 0 Å². The van der Waals surface area contributed by atoms with Crippen LogP contribution in [0.3, 0.4) is 0 Å². The number of nitrogens with zero attached hydrogens (tertiary/aromatic N) is 1. The van der Waals surface area contributed by atoms with E-state index in [1.807, 2.05) is 25.2 Å². The molecular weight excluding hydrogens is 142 g/mol. The number of thiocarbonyl (C=S) groups is 1. The average molecular weight is 151 g/mol. The molecule has 0 atom stereocenters. The summed E-state index contributed by atoms with van der Waals surface area (Å²) in [6, 6.07) is 0. The lowest BCUT2D eigenvalue weighted by atomic mass is 10.4. The molecule has 0 unspecified atom stereocenters. The molecule has 0 aliphatic carbocycles. The summed E-state index contributed by atoms with van der Waals surface area (Å²) in [5.74, 6) is 0. The summed E-state index contributed by atoms with van der Waals surface area (Å²) in [6.07, 6.45) is 7.42. The fourth-order valence-corrected chi connectivity index (χ4v) is 0.491. The molecule has 2 heteroatoms. The number of hydrogen-bond acceptors (Lipinski definition) is 2. The third kappa shape index (κ3) is 5.16. The Morgan fingerprint density at radius 1 is 1.60 bits per heavy atom. The summed E-state index contributed by atoms with van der Waals surface area (Å²) in [7, 11) is 0. The Kier molecular flexibility index (Phi) is 5.54. The number of isothiocyanates is 1. The van der Waals surface area contributed by atoms with Crippen LogP contribution in [0.4, 0.5) is 0 Å². The highest BCUT2D eigenvalue weighted by Gasteiger charge is 1.74. The number of aliphatic imine (C=N–C) groups is 1. The lowest BCUT2D eigenvalue weighted by molar-refractivity contribution is 1.46. The van der Waals surface area contributed by atoms with Gasteiger partial charge in [0.15, 0.2) is 0 Å². The molecule has 0 rings (SSSR count). The minimum atomic E-state index is 0.619.